The molecule has 3 heterocycles. The largest absolute Gasteiger partial charge is 0.481 e. The molecule has 2 aromatic rings. The first-order chi connectivity index (χ1) is 12.2. The van der Waals surface area contributed by atoms with E-state index < -0.39 is 5.97 Å². The summed E-state index contributed by atoms with van der Waals surface area (Å²) in [6.45, 7) is 3.30. The zero-order valence-corrected chi connectivity index (χ0v) is 14.2. The van der Waals surface area contributed by atoms with E-state index >= 15 is 0 Å². The molecule has 0 spiro atoms. The molecule has 0 radical (unpaired) electrons. The van der Waals surface area contributed by atoms with Gasteiger partial charge in [0.05, 0.1) is 6.42 Å². The fourth-order valence-electron chi connectivity index (χ4n) is 3.85. The van der Waals surface area contributed by atoms with Crippen molar-refractivity contribution in [1.82, 2.24) is 19.7 Å². The molecule has 130 valence electrons. The van der Waals surface area contributed by atoms with Gasteiger partial charge in [0.25, 0.3) is 0 Å². The fraction of sp³-hybridized carbons (Fsp3) is 0.421. The number of aliphatic carboxylic acids is 1. The van der Waals surface area contributed by atoms with Crippen LogP contribution in [-0.4, -0.2) is 50.4 Å². The predicted molar refractivity (Wildman–Crippen MR) is 94.1 cm³/mol. The van der Waals surface area contributed by atoms with Gasteiger partial charge < -0.3 is 10.0 Å². The van der Waals surface area contributed by atoms with Crippen LogP contribution in [0.15, 0.2) is 36.2 Å². The van der Waals surface area contributed by atoms with Crippen LogP contribution >= 0.6 is 0 Å². The van der Waals surface area contributed by atoms with Gasteiger partial charge in [-0.3, -0.25) is 4.79 Å². The van der Waals surface area contributed by atoms with E-state index in [1.807, 2.05) is 4.68 Å². The van der Waals surface area contributed by atoms with Crippen LogP contribution in [0.5, 0.6) is 0 Å². The quantitative estimate of drug-likeness (QED) is 0.929. The number of aryl methyl sites for hydroxylation is 2. The number of carboxylic acids is 1. The summed E-state index contributed by atoms with van der Waals surface area (Å²) in [6, 6.07) is 8.58. The van der Waals surface area contributed by atoms with Gasteiger partial charge >= 0.3 is 5.97 Å². The topological polar surface area (TPSA) is 71.2 Å². The smallest absolute Gasteiger partial charge is 0.304 e. The fourth-order valence-corrected chi connectivity index (χ4v) is 3.85. The van der Waals surface area contributed by atoms with Crippen molar-refractivity contribution in [2.75, 3.05) is 19.6 Å². The average molecular weight is 338 g/mol. The van der Waals surface area contributed by atoms with E-state index in [0.717, 1.165) is 44.7 Å². The highest BCUT2D eigenvalue weighted by atomic mass is 16.4. The number of hydrogen-bond acceptors (Lipinski definition) is 4. The van der Waals surface area contributed by atoms with Crippen molar-refractivity contribution in [3.8, 4) is 0 Å². The standard InChI is InChI=1S/C19H22N4O2/c24-17(25)8-11-22-9-5-15(6-10-22)18-16-4-2-1-3-14(16)7-12-23-19(18)20-13-21-23/h1-4,13H,5-12H2,(H,24,25). The number of aromatic nitrogens is 3. The second-order valence-corrected chi connectivity index (χ2v) is 6.68. The number of likely N-dealkylation sites (tertiary alicyclic amines) is 1. The van der Waals surface area contributed by atoms with E-state index in [2.05, 4.69) is 39.2 Å². The Morgan fingerprint density at radius 2 is 1.92 bits per heavy atom. The minimum atomic E-state index is -0.727. The molecule has 0 aliphatic carbocycles. The highest BCUT2D eigenvalue weighted by molar-refractivity contribution is 5.81. The van der Waals surface area contributed by atoms with Crippen molar-refractivity contribution in [3.05, 3.63) is 53.1 Å². The Kier molecular flexibility index (Phi) is 4.36. The summed E-state index contributed by atoms with van der Waals surface area (Å²) < 4.78 is 2.01. The van der Waals surface area contributed by atoms with Crippen molar-refractivity contribution < 1.29 is 9.90 Å². The van der Waals surface area contributed by atoms with E-state index in [-0.39, 0.29) is 6.42 Å². The maximum absolute atomic E-state index is 10.8. The molecular weight excluding hydrogens is 316 g/mol. The SMILES string of the molecule is O=C(O)CCN1CCC(=C2c3ccccc3CCn3ncnc32)CC1. The minimum Gasteiger partial charge on any atom is -0.481 e. The van der Waals surface area contributed by atoms with E-state index in [0.29, 0.717) is 6.54 Å². The highest BCUT2D eigenvalue weighted by Gasteiger charge is 2.25. The lowest BCUT2D eigenvalue weighted by molar-refractivity contribution is -0.137. The van der Waals surface area contributed by atoms with Gasteiger partial charge in [0.2, 0.25) is 0 Å². The molecule has 2 aliphatic rings. The third-order valence-corrected chi connectivity index (χ3v) is 5.17. The number of carboxylic acid groups (broad SMARTS) is 1. The first-order valence-electron chi connectivity index (χ1n) is 8.85. The molecule has 0 amide bonds. The van der Waals surface area contributed by atoms with E-state index in [9.17, 15) is 4.79 Å². The summed E-state index contributed by atoms with van der Waals surface area (Å²) >= 11 is 0. The number of piperidine rings is 1. The Balaban J connectivity index is 1.66. The Morgan fingerprint density at radius 1 is 1.12 bits per heavy atom. The van der Waals surface area contributed by atoms with Gasteiger partial charge in [-0.05, 0) is 30.4 Å². The maximum Gasteiger partial charge on any atom is 0.304 e. The normalized spacial score (nSPS) is 17.8. The number of rotatable bonds is 3. The third kappa shape index (κ3) is 3.22. The molecule has 0 bridgehead atoms. The lowest BCUT2D eigenvalue weighted by Gasteiger charge is -2.29. The van der Waals surface area contributed by atoms with Crippen molar-refractivity contribution in [2.24, 2.45) is 0 Å². The molecule has 0 saturated carbocycles. The second kappa shape index (κ2) is 6.80. The highest BCUT2D eigenvalue weighted by Crippen LogP contribution is 2.35. The van der Waals surface area contributed by atoms with Crippen LogP contribution in [0.25, 0.3) is 5.57 Å². The maximum atomic E-state index is 10.8. The minimum absolute atomic E-state index is 0.211. The lowest BCUT2D eigenvalue weighted by Crippen LogP contribution is -2.33. The summed E-state index contributed by atoms with van der Waals surface area (Å²) in [5.41, 5.74) is 5.28. The van der Waals surface area contributed by atoms with Crippen LogP contribution in [-0.2, 0) is 17.8 Å². The zero-order valence-electron chi connectivity index (χ0n) is 14.2. The summed E-state index contributed by atoms with van der Waals surface area (Å²) in [4.78, 5) is 17.6. The van der Waals surface area contributed by atoms with Crippen molar-refractivity contribution in [3.63, 3.8) is 0 Å². The lowest BCUT2D eigenvalue weighted by atomic mass is 9.90. The molecule has 6 heteroatoms. The zero-order chi connectivity index (χ0) is 17.2. The summed E-state index contributed by atoms with van der Waals surface area (Å²) in [5.74, 6) is 0.244. The molecular formula is C19H22N4O2. The van der Waals surface area contributed by atoms with E-state index in [1.165, 1.54) is 22.3 Å². The second-order valence-electron chi connectivity index (χ2n) is 6.68. The predicted octanol–water partition coefficient (Wildman–Crippen LogP) is 2.21. The van der Waals surface area contributed by atoms with Crippen LogP contribution in [0, 0.1) is 0 Å². The van der Waals surface area contributed by atoms with Gasteiger partial charge in [-0.1, -0.05) is 29.8 Å². The number of carbonyl (C=O) groups is 1. The molecule has 1 saturated heterocycles. The van der Waals surface area contributed by atoms with Crippen LogP contribution in [0.2, 0.25) is 0 Å². The number of hydrogen-bond donors (Lipinski definition) is 1. The number of nitrogens with zero attached hydrogens (tertiary/aromatic N) is 4. The first-order valence-corrected chi connectivity index (χ1v) is 8.85. The van der Waals surface area contributed by atoms with Gasteiger partial charge in [0.15, 0.2) is 5.82 Å². The molecule has 2 aliphatic heterocycles. The van der Waals surface area contributed by atoms with E-state index in [1.54, 1.807) is 6.33 Å². The van der Waals surface area contributed by atoms with Crippen LogP contribution in [0.3, 0.4) is 0 Å². The van der Waals surface area contributed by atoms with Crippen molar-refractivity contribution in [2.45, 2.75) is 32.2 Å². The monoisotopic (exact) mass is 338 g/mol. The molecule has 1 N–H and O–H groups in total. The molecule has 1 fully saturated rings. The van der Waals surface area contributed by atoms with Gasteiger partial charge in [0.1, 0.15) is 6.33 Å². The number of benzene rings is 1. The van der Waals surface area contributed by atoms with Crippen molar-refractivity contribution >= 4 is 11.5 Å². The molecule has 0 atom stereocenters. The number of fused-ring (bicyclic) bond motifs is 2. The Labute approximate surface area is 146 Å². The first kappa shape index (κ1) is 16.0. The molecule has 25 heavy (non-hydrogen) atoms. The Hall–Kier alpha value is -2.47. The third-order valence-electron chi connectivity index (χ3n) is 5.17. The van der Waals surface area contributed by atoms with Gasteiger partial charge in [-0.15, -0.1) is 0 Å². The molecule has 1 aromatic heterocycles. The average Bonchev–Trinajstić information content (AvgIpc) is 3.02. The summed E-state index contributed by atoms with van der Waals surface area (Å²) in [6.07, 6.45) is 4.73. The van der Waals surface area contributed by atoms with E-state index in [4.69, 9.17) is 5.11 Å². The van der Waals surface area contributed by atoms with Gasteiger partial charge in [-0.2, -0.15) is 5.10 Å². The van der Waals surface area contributed by atoms with Crippen molar-refractivity contribution in [1.29, 1.82) is 0 Å². The van der Waals surface area contributed by atoms with Crippen LogP contribution in [0.1, 0.15) is 36.2 Å². The molecule has 6 nitrogen and oxygen atoms in total. The Morgan fingerprint density at radius 3 is 2.72 bits per heavy atom. The Bertz CT molecular complexity index is 814. The molecule has 4 rings (SSSR count). The summed E-state index contributed by atoms with van der Waals surface area (Å²) in [7, 11) is 0. The molecule has 0 unspecified atom stereocenters. The van der Waals surface area contributed by atoms with Gasteiger partial charge in [0, 0.05) is 31.8 Å². The van der Waals surface area contributed by atoms with Gasteiger partial charge in [-0.25, -0.2) is 9.67 Å². The van der Waals surface area contributed by atoms with Crippen LogP contribution in [0.4, 0.5) is 0 Å². The summed E-state index contributed by atoms with van der Waals surface area (Å²) in [5, 5.41) is 13.3. The molecule has 1 aromatic carbocycles. The van der Waals surface area contributed by atoms with Crippen LogP contribution < -0.4 is 0 Å².